The summed E-state index contributed by atoms with van der Waals surface area (Å²) < 4.78 is 5.52. The van der Waals surface area contributed by atoms with Crippen molar-refractivity contribution in [1.82, 2.24) is 24.9 Å². The molecule has 4 rings (SSSR count). The van der Waals surface area contributed by atoms with E-state index in [2.05, 4.69) is 62.2 Å². The lowest BCUT2D eigenvalue weighted by Crippen LogP contribution is -2.47. The molecule has 0 spiro atoms. The van der Waals surface area contributed by atoms with Crippen LogP contribution >= 0.6 is 24.0 Å². The molecule has 3 fully saturated rings. The minimum Gasteiger partial charge on any atom is -0.379 e. The third-order valence-electron chi connectivity index (χ3n) is 6.75. The monoisotopic (exact) mass is 556 g/mol. The second-order valence-corrected chi connectivity index (χ2v) is 8.88. The van der Waals surface area contributed by atoms with Gasteiger partial charge in [0.1, 0.15) is 0 Å². The largest absolute Gasteiger partial charge is 0.379 e. The zero-order valence-corrected chi connectivity index (χ0v) is 22.0. The Morgan fingerprint density at radius 3 is 2.44 bits per heavy atom. The van der Waals surface area contributed by atoms with Crippen LogP contribution in [0.1, 0.15) is 18.9 Å². The lowest BCUT2D eigenvalue weighted by molar-refractivity contribution is 0.0195. The van der Waals surface area contributed by atoms with E-state index in [1.54, 1.807) is 0 Å². The smallest absolute Gasteiger partial charge is 0.194 e. The number of halogens is 1. The Kier molecular flexibility index (Phi) is 11.0. The van der Waals surface area contributed by atoms with Gasteiger partial charge < -0.3 is 15.0 Å². The molecule has 3 heterocycles. The van der Waals surface area contributed by atoms with E-state index in [0.29, 0.717) is 6.04 Å². The second kappa shape index (κ2) is 13.7. The summed E-state index contributed by atoms with van der Waals surface area (Å²) in [5.41, 5.74) is 1.41. The SMILES string of the molecule is CCNC(=NCCN1CCN(Cc2ccccc2)CC1)N1CCC(N2CCOCC2)C1.I. The Balaban J connectivity index is 0.00000289. The van der Waals surface area contributed by atoms with E-state index in [4.69, 9.17) is 9.73 Å². The first-order chi connectivity index (χ1) is 15.3. The highest BCUT2D eigenvalue weighted by atomic mass is 127. The molecular formula is C24H41IN6O. The first-order valence-corrected chi connectivity index (χ1v) is 12.2. The topological polar surface area (TPSA) is 46.6 Å². The van der Waals surface area contributed by atoms with Crippen LogP contribution in [0.4, 0.5) is 0 Å². The van der Waals surface area contributed by atoms with Gasteiger partial charge in [-0.1, -0.05) is 30.3 Å². The number of ether oxygens (including phenoxy) is 1. The Morgan fingerprint density at radius 1 is 1.00 bits per heavy atom. The lowest BCUT2D eigenvalue weighted by atomic mass is 10.2. The molecule has 0 aromatic heterocycles. The van der Waals surface area contributed by atoms with Crippen molar-refractivity contribution in [1.29, 1.82) is 0 Å². The Labute approximate surface area is 211 Å². The molecule has 180 valence electrons. The highest BCUT2D eigenvalue weighted by molar-refractivity contribution is 14.0. The molecule has 32 heavy (non-hydrogen) atoms. The second-order valence-electron chi connectivity index (χ2n) is 8.88. The van der Waals surface area contributed by atoms with Crippen molar-refractivity contribution >= 4 is 29.9 Å². The van der Waals surface area contributed by atoms with Crippen LogP contribution < -0.4 is 5.32 Å². The van der Waals surface area contributed by atoms with Crippen molar-refractivity contribution in [3.8, 4) is 0 Å². The molecule has 0 radical (unpaired) electrons. The van der Waals surface area contributed by atoms with Crippen LogP contribution in [0.25, 0.3) is 0 Å². The van der Waals surface area contributed by atoms with Crippen LogP contribution in [0.3, 0.4) is 0 Å². The fourth-order valence-corrected chi connectivity index (χ4v) is 4.91. The Morgan fingerprint density at radius 2 is 1.72 bits per heavy atom. The quantitative estimate of drug-likeness (QED) is 0.314. The summed E-state index contributed by atoms with van der Waals surface area (Å²) in [4.78, 5) is 15.2. The van der Waals surface area contributed by atoms with Crippen LogP contribution in [-0.2, 0) is 11.3 Å². The first-order valence-electron chi connectivity index (χ1n) is 12.2. The zero-order chi connectivity index (χ0) is 21.3. The Bertz CT molecular complexity index is 676. The first kappa shape index (κ1) is 25.7. The van der Waals surface area contributed by atoms with E-state index in [1.807, 2.05) is 0 Å². The molecule has 3 aliphatic heterocycles. The maximum absolute atomic E-state index is 5.52. The Hall–Kier alpha value is -0.940. The van der Waals surface area contributed by atoms with Crippen molar-refractivity contribution in [2.45, 2.75) is 25.9 Å². The van der Waals surface area contributed by atoms with Gasteiger partial charge in [0, 0.05) is 78.0 Å². The number of likely N-dealkylation sites (tertiary alicyclic amines) is 1. The maximum Gasteiger partial charge on any atom is 0.194 e. The van der Waals surface area contributed by atoms with Crippen molar-refractivity contribution < 1.29 is 4.74 Å². The van der Waals surface area contributed by atoms with Gasteiger partial charge in [0.15, 0.2) is 5.96 Å². The van der Waals surface area contributed by atoms with E-state index >= 15 is 0 Å². The molecule has 0 aliphatic carbocycles. The summed E-state index contributed by atoms with van der Waals surface area (Å²) in [6, 6.07) is 11.5. The normalized spacial score (nSPS) is 23.8. The molecule has 8 heteroatoms. The third-order valence-corrected chi connectivity index (χ3v) is 6.75. The molecule has 0 bridgehead atoms. The zero-order valence-electron chi connectivity index (χ0n) is 19.6. The predicted octanol–water partition coefficient (Wildman–Crippen LogP) is 1.79. The molecule has 0 amide bonds. The van der Waals surface area contributed by atoms with Gasteiger partial charge in [0.05, 0.1) is 19.8 Å². The number of morpholine rings is 1. The standard InChI is InChI=1S/C24H40N6O.HI/c1-2-25-24(30-10-8-23(21-30)29-16-18-31-19-17-29)26-9-11-27-12-14-28(15-13-27)20-22-6-4-3-5-7-22;/h3-7,23H,2,8-21H2,1H3,(H,25,26);1H. The van der Waals surface area contributed by atoms with Gasteiger partial charge in [-0.05, 0) is 18.9 Å². The third kappa shape index (κ3) is 7.55. The molecule has 0 saturated carbocycles. The molecule has 7 nitrogen and oxygen atoms in total. The van der Waals surface area contributed by atoms with Crippen LogP contribution in [0.2, 0.25) is 0 Å². The van der Waals surface area contributed by atoms with Crippen LogP contribution in [0, 0.1) is 0 Å². The number of hydrogen-bond acceptors (Lipinski definition) is 5. The molecule has 1 aromatic carbocycles. The van der Waals surface area contributed by atoms with Gasteiger partial charge in [0.25, 0.3) is 0 Å². The summed E-state index contributed by atoms with van der Waals surface area (Å²) in [6.45, 7) is 16.7. The van der Waals surface area contributed by atoms with E-state index in [-0.39, 0.29) is 24.0 Å². The summed E-state index contributed by atoms with van der Waals surface area (Å²) in [5, 5.41) is 3.53. The number of aliphatic imine (C=N–C) groups is 1. The highest BCUT2D eigenvalue weighted by Gasteiger charge is 2.30. The average molecular weight is 557 g/mol. The molecular weight excluding hydrogens is 515 g/mol. The molecule has 1 N–H and O–H groups in total. The van der Waals surface area contributed by atoms with E-state index < -0.39 is 0 Å². The van der Waals surface area contributed by atoms with Crippen molar-refractivity contribution in [2.24, 2.45) is 4.99 Å². The van der Waals surface area contributed by atoms with Crippen LogP contribution in [0.15, 0.2) is 35.3 Å². The van der Waals surface area contributed by atoms with Gasteiger partial charge in [0.2, 0.25) is 0 Å². The number of piperazine rings is 1. The van der Waals surface area contributed by atoms with Gasteiger partial charge in [-0.3, -0.25) is 19.7 Å². The number of guanidine groups is 1. The molecule has 3 aliphatic rings. The number of benzene rings is 1. The van der Waals surface area contributed by atoms with Gasteiger partial charge >= 0.3 is 0 Å². The minimum absolute atomic E-state index is 0. The van der Waals surface area contributed by atoms with Gasteiger partial charge in [-0.2, -0.15) is 0 Å². The van der Waals surface area contributed by atoms with E-state index in [1.165, 1.54) is 12.0 Å². The highest BCUT2D eigenvalue weighted by Crippen LogP contribution is 2.17. The molecule has 1 aromatic rings. The molecule has 3 saturated heterocycles. The summed E-state index contributed by atoms with van der Waals surface area (Å²) in [7, 11) is 0. The van der Waals surface area contributed by atoms with Crippen molar-refractivity contribution in [3.63, 3.8) is 0 Å². The number of rotatable bonds is 7. The van der Waals surface area contributed by atoms with Gasteiger partial charge in [-0.25, -0.2) is 0 Å². The summed E-state index contributed by atoms with van der Waals surface area (Å²) in [6.07, 6.45) is 1.23. The maximum atomic E-state index is 5.52. The van der Waals surface area contributed by atoms with E-state index in [0.717, 1.165) is 97.7 Å². The fourth-order valence-electron chi connectivity index (χ4n) is 4.91. The molecule has 1 unspecified atom stereocenters. The van der Waals surface area contributed by atoms with Gasteiger partial charge in [-0.15, -0.1) is 24.0 Å². The van der Waals surface area contributed by atoms with Crippen molar-refractivity contribution in [2.75, 3.05) is 85.2 Å². The van der Waals surface area contributed by atoms with E-state index in [9.17, 15) is 0 Å². The average Bonchev–Trinajstić information content (AvgIpc) is 3.31. The number of nitrogens with one attached hydrogen (secondary N) is 1. The minimum atomic E-state index is 0. The van der Waals surface area contributed by atoms with Crippen LogP contribution in [-0.4, -0.2) is 117 Å². The lowest BCUT2D eigenvalue weighted by Gasteiger charge is -2.34. The van der Waals surface area contributed by atoms with Crippen molar-refractivity contribution in [3.05, 3.63) is 35.9 Å². The summed E-state index contributed by atoms with van der Waals surface area (Å²) >= 11 is 0. The molecule has 1 atom stereocenters. The predicted molar refractivity (Wildman–Crippen MR) is 142 cm³/mol. The van der Waals surface area contributed by atoms with Crippen LogP contribution in [0.5, 0.6) is 0 Å². The fraction of sp³-hybridized carbons (Fsp3) is 0.708. The number of hydrogen-bond donors (Lipinski definition) is 1. The number of nitrogens with zero attached hydrogens (tertiary/aromatic N) is 5. The summed E-state index contributed by atoms with van der Waals surface area (Å²) in [5.74, 6) is 1.10.